The van der Waals surface area contributed by atoms with Crippen molar-refractivity contribution in [1.29, 1.82) is 0 Å². The van der Waals surface area contributed by atoms with Crippen LogP contribution in [0.4, 0.5) is 0 Å². The lowest BCUT2D eigenvalue weighted by Gasteiger charge is -2.39. The van der Waals surface area contributed by atoms with Crippen LogP contribution in [0.1, 0.15) is 67.2 Å². The summed E-state index contributed by atoms with van der Waals surface area (Å²) in [5.74, 6) is 0.435. The van der Waals surface area contributed by atoms with E-state index in [1.54, 1.807) is 0 Å². The summed E-state index contributed by atoms with van der Waals surface area (Å²) < 4.78 is 16.7. The van der Waals surface area contributed by atoms with Gasteiger partial charge in [-0.1, -0.05) is 33.6 Å². The third-order valence-corrected chi connectivity index (χ3v) is 5.03. The Hall–Kier alpha value is 0.0700. The van der Waals surface area contributed by atoms with Crippen LogP contribution in [0.3, 0.4) is 0 Å². The second kappa shape index (κ2) is 7.19. The van der Waals surface area contributed by atoms with Crippen LogP contribution < -0.4 is 10.6 Å². The molecule has 0 saturated heterocycles. The molecular formula is C13H29NO4P-. The molecule has 0 aliphatic rings. The predicted octanol–water partition coefficient (Wildman–Crippen LogP) is 3.18. The highest BCUT2D eigenvalue weighted by atomic mass is 31.2. The van der Waals surface area contributed by atoms with Crippen LogP contribution in [0, 0.1) is 5.92 Å². The first kappa shape index (κ1) is 19.1. The van der Waals surface area contributed by atoms with Crippen molar-refractivity contribution in [2.24, 2.45) is 11.7 Å². The van der Waals surface area contributed by atoms with Crippen molar-refractivity contribution in [1.82, 2.24) is 0 Å². The minimum Gasteiger partial charge on any atom is -0.775 e. The molecule has 0 fully saturated rings. The first-order chi connectivity index (χ1) is 8.47. The first-order valence-corrected chi connectivity index (χ1v) is 8.49. The molecule has 0 radical (unpaired) electrons. The molecule has 0 aromatic rings. The van der Waals surface area contributed by atoms with E-state index in [1.807, 2.05) is 20.8 Å². The zero-order chi connectivity index (χ0) is 15.3. The molecule has 0 amide bonds. The molecule has 0 aromatic carbocycles. The summed E-state index contributed by atoms with van der Waals surface area (Å²) in [4.78, 5) is 17.1. The van der Waals surface area contributed by atoms with E-state index in [0.717, 1.165) is 12.8 Å². The van der Waals surface area contributed by atoms with Gasteiger partial charge < -0.3 is 15.2 Å². The molecule has 0 saturated carbocycles. The SMILES string of the molecule is CCCC(C)(N)P(=O)([O-])OOC(C)(C)CC(C)CC. The maximum atomic E-state index is 12.0. The minimum atomic E-state index is -4.25. The topological polar surface area (TPSA) is 84.6 Å². The van der Waals surface area contributed by atoms with Gasteiger partial charge in [0.1, 0.15) is 0 Å². The number of rotatable bonds is 9. The van der Waals surface area contributed by atoms with Crippen LogP contribution in [0.25, 0.3) is 0 Å². The summed E-state index contributed by atoms with van der Waals surface area (Å²) in [6, 6.07) is 0. The highest BCUT2D eigenvalue weighted by molar-refractivity contribution is 7.52. The van der Waals surface area contributed by atoms with Crippen molar-refractivity contribution >= 4 is 7.60 Å². The molecule has 0 rings (SSSR count). The number of hydrogen-bond donors (Lipinski definition) is 1. The molecule has 19 heavy (non-hydrogen) atoms. The Balaban J connectivity index is 4.57. The molecule has 0 heterocycles. The van der Waals surface area contributed by atoms with Gasteiger partial charge in [0.25, 0.3) is 0 Å². The van der Waals surface area contributed by atoms with E-state index in [4.69, 9.17) is 15.3 Å². The van der Waals surface area contributed by atoms with Crippen LogP contribution >= 0.6 is 7.60 Å². The van der Waals surface area contributed by atoms with Crippen LogP contribution in [0.2, 0.25) is 0 Å². The average Bonchev–Trinajstić information content (AvgIpc) is 2.26. The van der Waals surface area contributed by atoms with Gasteiger partial charge in [0.05, 0.1) is 10.9 Å². The maximum Gasteiger partial charge on any atom is 0.191 e. The third-order valence-electron chi connectivity index (χ3n) is 3.28. The van der Waals surface area contributed by atoms with Crippen molar-refractivity contribution in [3.63, 3.8) is 0 Å². The molecular weight excluding hydrogens is 265 g/mol. The van der Waals surface area contributed by atoms with Crippen molar-refractivity contribution < 1.29 is 19.0 Å². The lowest BCUT2D eigenvalue weighted by Crippen LogP contribution is -2.41. The summed E-state index contributed by atoms with van der Waals surface area (Å²) in [5, 5.41) is -1.39. The second-order valence-corrected chi connectivity index (χ2v) is 8.41. The van der Waals surface area contributed by atoms with Gasteiger partial charge in [-0.3, -0.25) is 0 Å². The van der Waals surface area contributed by atoms with Gasteiger partial charge in [0, 0.05) is 0 Å². The summed E-state index contributed by atoms with van der Waals surface area (Å²) in [6.45, 7) is 11.1. The summed E-state index contributed by atoms with van der Waals surface area (Å²) >= 11 is 0. The van der Waals surface area contributed by atoms with Crippen LogP contribution in [-0.4, -0.2) is 10.9 Å². The Labute approximate surface area is 117 Å². The van der Waals surface area contributed by atoms with Crippen molar-refractivity contribution in [3.8, 4) is 0 Å². The lowest BCUT2D eigenvalue weighted by atomic mass is 9.93. The molecule has 2 N–H and O–H groups in total. The van der Waals surface area contributed by atoms with Crippen molar-refractivity contribution in [2.45, 2.75) is 78.1 Å². The molecule has 3 atom stereocenters. The minimum absolute atomic E-state index is 0.336. The molecule has 3 unspecified atom stereocenters. The van der Waals surface area contributed by atoms with E-state index in [0.29, 0.717) is 18.8 Å². The fourth-order valence-electron chi connectivity index (χ4n) is 1.90. The largest absolute Gasteiger partial charge is 0.775 e. The quantitative estimate of drug-likeness (QED) is 0.401. The Kier molecular flexibility index (Phi) is 7.21. The fraction of sp³-hybridized carbons (Fsp3) is 1.00. The molecule has 0 aromatic heterocycles. The average molecular weight is 294 g/mol. The molecule has 116 valence electrons. The standard InChI is InChI=1S/C13H30NO4P/c1-7-9-13(6,14)19(15,16)18-17-12(4,5)10-11(3)8-2/h11H,7-10,14H2,1-6H3,(H,15,16)/p-1. The van der Waals surface area contributed by atoms with E-state index in [1.165, 1.54) is 6.92 Å². The normalized spacial score (nSPS) is 20.6. The van der Waals surface area contributed by atoms with Gasteiger partial charge in [-0.25, -0.2) is 4.89 Å². The Morgan fingerprint density at radius 2 is 1.84 bits per heavy atom. The fourth-order valence-corrected chi connectivity index (χ4v) is 2.86. The Morgan fingerprint density at radius 1 is 1.32 bits per heavy atom. The van der Waals surface area contributed by atoms with E-state index in [9.17, 15) is 9.46 Å². The molecule has 0 bridgehead atoms. The van der Waals surface area contributed by atoms with E-state index < -0.39 is 18.5 Å². The zero-order valence-electron chi connectivity index (χ0n) is 13.1. The monoisotopic (exact) mass is 294 g/mol. The molecule has 6 heteroatoms. The van der Waals surface area contributed by atoms with Crippen molar-refractivity contribution in [3.05, 3.63) is 0 Å². The van der Waals surface area contributed by atoms with Crippen LogP contribution in [0.15, 0.2) is 0 Å². The van der Waals surface area contributed by atoms with Gasteiger partial charge in [-0.2, -0.15) is 4.67 Å². The summed E-state index contributed by atoms with van der Waals surface area (Å²) in [5.41, 5.74) is 5.13. The molecule has 0 spiro atoms. The first-order valence-electron chi connectivity index (χ1n) is 6.95. The summed E-state index contributed by atoms with van der Waals surface area (Å²) in [6.07, 6.45) is 2.73. The van der Waals surface area contributed by atoms with Crippen LogP contribution in [-0.2, 0) is 14.1 Å². The lowest BCUT2D eigenvalue weighted by molar-refractivity contribution is -0.333. The van der Waals surface area contributed by atoms with Gasteiger partial charge in [0.15, 0.2) is 7.60 Å². The van der Waals surface area contributed by atoms with Gasteiger partial charge in [-0.05, 0) is 39.5 Å². The predicted molar refractivity (Wildman–Crippen MR) is 75.4 cm³/mol. The van der Waals surface area contributed by atoms with Gasteiger partial charge >= 0.3 is 0 Å². The van der Waals surface area contributed by atoms with E-state index >= 15 is 0 Å². The summed E-state index contributed by atoms with van der Waals surface area (Å²) in [7, 11) is -4.25. The number of hydrogen-bond acceptors (Lipinski definition) is 5. The van der Waals surface area contributed by atoms with E-state index in [2.05, 4.69) is 13.8 Å². The zero-order valence-corrected chi connectivity index (χ0v) is 14.0. The molecule has 0 aliphatic carbocycles. The molecule has 0 aliphatic heterocycles. The third kappa shape index (κ3) is 6.37. The Bertz CT molecular complexity index is 318. The maximum absolute atomic E-state index is 12.0. The second-order valence-electron chi connectivity index (χ2n) is 6.24. The highest BCUT2D eigenvalue weighted by Crippen LogP contribution is 2.51. The van der Waals surface area contributed by atoms with Crippen LogP contribution in [0.5, 0.6) is 0 Å². The van der Waals surface area contributed by atoms with Gasteiger partial charge in [0.2, 0.25) is 0 Å². The smallest absolute Gasteiger partial charge is 0.191 e. The number of nitrogens with two attached hydrogens (primary N) is 1. The molecule has 5 nitrogen and oxygen atoms in total. The van der Waals surface area contributed by atoms with Crippen molar-refractivity contribution in [2.75, 3.05) is 0 Å². The van der Waals surface area contributed by atoms with E-state index in [-0.39, 0.29) is 0 Å². The Morgan fingerprint density at radius 3 is 2.26 bits per heavy atom. The highest BCUT2D eigenvalue weighted by Gasteiger charge is 2.35. The van der Waals surface area contributed by atoms with Gasteiger partial charge in [-0.15, -0.1) is 0 Å².